The van der Waals surface area contributed by atoms with E-state index in [9.17, 15) is 0 Å². The maximum atomic E-state index is 6.68. The molecule has 1 unspecified atom stereocenters. The minimum absolute atomic E-state index is 0.335. The van der Waals surface area contributed by atoms with Gasteiger partial charge in [0.2, 0.25) is 0 Å². The molecule has 4 rings (SSSR count). The van der Waals surface area contributed by atoms with Gasteiger partial charge in [0, 0.05) is 48.5 Å². The van der Waals surface area contributed by atoms with Crippen LogP contribution in [-0.4, -0.2) is 47.5 Å². The Morgan fingerprint density at radius 2 is 1.71 bits per heavy atom. The lowest BCUT2D eigenvalue weighted by Crippen LogP contribution is -2.44. The minimum atomic E-state index is 0.335. The van der Waals surface area contributed by atoms with Crippen molar-refractivity contribution in [3.8, 4) is 11.3 Å². The predicted octanol–water partition coefficient (Wildman–Crippen LogP) is 6.91. The molecular weight excluding hydrogens is 452 g/mol. The van der Waals surface area contributed by atoms with Gasteiger partial charge < -0.3 is 15.5 Å². The molecule has 3 aromatic rings. The fraction of sp³-hybridized carbons (Fsp3) is 0.367. The second-order valence-corrected chi connectivity index (χ2v) is 9.98. The molecule has 2 N–H and O–H groups in total. The molecule has 0 bridgehead atoms. The summed E-state index contributed by atoms with van der Waals surface area (Å²) in [4.78, 5) is 9.76. The van der Waals surface area contributed by atoms with Crippen LogP contribution in [0.3, 0.4) is 0 Å². The quantitative estimate of drug-likeness (QED) is 0.355. The lowest BCUT2D eigenvalue weighted by Gasteiger charge is -2.39. The molecule has 5 heteroatoms. The highest BCUT2D eigenvalue weighted by Gasteiger charge is 2.20. The van der Waals surface area contributed by atoms with E-state index >= 15 is 0 Å². The summed E-state index contributed by atoms with van der Waals surface area (Å²) >= 11 is 6.68. The van der Waals surface area contributed by atoms with Crippen molar-refractivity contribution in [3.05, 3.63) is 83.5 Å². The van der Waals surface area contributed by atoms with E-state index in [4.69, 9.17) is 22.3 Å². The summed E-state index contributed by atoms with van der Waals surface area (Å²) in [5, 5.41) is 1.66. The van der Waals surface area contributed by atoms with Crippen LogP contribution in [0.15, 0.2) is 67.4 Å². The molecule has 1 atom stereocenters. The number of hydrogen-bond acceptors (Lipinski definition) is 4. The van der Waals surface area contributed by atoms with E-state index in [1.54, 1.807) is 0 Å². The average molecular weight is 489 g/mol. The van der Waals surface area contributed by atoms with Gasteiger partial charge in [-0.3, -0.25) is 0 Å². The van der Waals surface area contributed by atoms with Crippen molar-refractivity contribution in [2.75, 3.05) is 32.7 Å². The second kappa shape index (κ2) is 11.3. The topological polar surface area (TPSA) is 45.4 Å². The van der Waals surface area contributed by atoms with Crippen LogP contribution in [0.25, 0.3) is 27.9 Å². The van der Waals surface area contributed by atoms with E-state index in [1.807, 2.05) is 6.07 Å². The molecule has 1 aliphatic heterocycles. The van der Waals surface area contributed by atoms with E-state index in [0.29, 0.717) is 17.5 Å². The van der Waals surface area contributed by atoms with E-state index in [1.165, 1.54) is 24.1 Å². The standard InChI is InChI=1S/C30H37ClN4/c1-5-6-7-22(3)34-14-16-35(17-15-34)23(4)26-12-13-27-28(31)19-29(33-30(27)18-26)25-10-8-24(9-11-25)21(2)20-32/h8-13,18-19,21H,3-7,14-17,20,32H2,1-2H3. The van der Waals surface area contributed by atoms with E-state index < -0.39 is 0 Å². The number of benzene rings is 2. The van der Waals surface area contributed by atoms with Crippen molar-refractivity contribution >= 4 is 28.2 Å². The molecule has 2 aromatic carbocycles. The fourth-order valence-electron chi connectivity index (χ4n) is 4.65. The fourth-order valence-corrected chi connectivity index (χ4v) is 4.91. The Balaban J connectivity index is 1.52. The minimum Gasteiger partial charge on any atom is -0.372 e. The Labute approximate surface area is 215 Å². The first-order chi connectivity index (χ1) is 16.9. The van der Waals surface area contributed by atoms with E-state index in [-0.39, 0.29) is 0 Å². The normalized spacial score (nSPS) is 14.9. The maximum Gasteiger partial charge on any atom is 0.0731 e. The number of nitrogens with zero attached hydrogens (tertiary/aromatic N) is 3. The van der Waals surface area contributed by atoms with Crippen molar-refractivity contribution in [1.82, 2.24) is 14.8 Å². The highest BCUT2D eigenvalue weighted by Crippen LogP contribution is 2.31. The van der Waals surface area contributed by atoms with Crippen LogP contribution in [0, 0.1) is 0 Å². The number of hydrogen-bond donors (Lipinski definition) is 1. The molecule has 184 valence electrons. The number of pyridine rings is 1. The summed E-state index contributed by atoms with van der Waals surface area (Å²) < 4.78 is 0. The predicted molar refractivity (Wildman–Crippen MR) is 151 cm³/mol. The maximum absolute atomic E-state index is 6.68. The molecule has 0 radical (unpaired) electrons. The Kier molecular flexibility index (Phi) is 8.15. The lowest BCUT2D eigenvalue weighted by atomic mass is 9.99. The van der Waals surface area contributed by atoms with Gasteiger partial charge >= 0.3 is 0 Å². The van der Waals surface area contributed by atoms with Gasteiger partial charge in [-0.25, -0.2) is 4.98 Å². The van der Waals surface area contributed by atoms with Crippen LogP contribution in [0.4, 0.5) is 0 Å². The molecule has 0 spiro atoms. The molecular formula is C30H37ClN4. The summed E-state index contributed by atoms with van der Waals surface area (Å²) in [7, 11) is 0. The van der Waals surface area contributed by atoms with E-state index in [2.05, 4.69) is 79.3 Å². The van der Waals surface area contributed by atoms with Gasteiger partial charge in [-0.2, -0.15) is 0 Å². The van der Waals surface area contributed by atoms with Crippen molar-refractivity contribution in [1.29, 1.82) is 0 Å². The molecule has 1 fully saturated rings. The van der Waals surface area contributed by atoms with Crippen LogP contribution in [0.5, 0.6) is 0 Å². The molecule has 1 aliphatic rings. The van der Waals surface area contributed by atoms with Gasteiger partial charge in [0.05, 0.1) is 16.2 Å². The van der Waals surface area contributed by atoms with Crippen molar-refractivity contribution < 1.29 is 0 Å². The molecule has 35 heavy (non-hydrogen) atoms. The molecule has 0 saturated carbocycles. The van der Waals surface area contributed by atoms with Gasteiger partial charge in [-0.05, 0) is 48.6 Å². The molecule has 4 nitrogen and oxygen atoms in total. The molecule has 1 aromatic heterocycles. The molecule has 0 amide bonds. The molecule has 1 saturated heterocycles. The van der Waals surface area contributed by atoms with Crippen LogP contribution in [0.2, 0.25) is 5.02 Å². The first kappa shape index (κ1) is 25.3. The summed E-state index contributed by atoms with van der Waals surface area (Å²) in [5.41, 5.74) is 13.2. The summed E-state index contributed by atoms with van der Waals surface area (Å²) in [6.45, 7) is 17.6. The van der Waals surface area contributed by atoms with Gasteiger partial charge in [-0.15, -0.1) is 0 Å². The first-order valence-electron chi connectivity index (χ1n) is 12.7. The largest absolute Gasteiger partial charge is 0.372 e. The van der Waals surface area contributed by atoms with Crippen LogP contribution in [0.1, 0.15) is 50.2 Å². The summed E-state index contributed by atoms with van der Waals surface area (Å²) in [5.74, 6) is 0.335. The van der Waals surface area contributed by atoms with Crippen LogP contribution < -0.4 is 5.73 Å². The Morgan fingerprint density at radius 3 is 2.37 bits per heavy atom. The van der Waals surface area contributed by atoms with Crippen LogP contribution in [-0.2, 0) is 0 Å². The van der Waals surface area contributed by atoms with E-state index in [0.717, 1.165) is 66.0 Å². The number of aromatic nitrogens is 1. The highest BCUT2D eigenvalue weighted by molar-refractivity contribution is 6.35. The number of nitrogens with two attached hydrogens (primary N) is 1. The van der Waals surface area contributed by atoms with Crippen molar-refractivity contribution in [2.45, 2.75) is 39.0 Å². The monoisotopic (exact) mass is 488 g/mol. The van der Waals surface area contributed by atoms with Gasteiger partial charge in [0.25, 0.3) is 0 Å². The SMILES string of the molecule is C=C(CCCC)N1CCN(C(=C)c2ccc3c(Cl)cc(-c4ccc(C(C)CN)cc4)nc3c2)CC1. The number of rotatable bonds is 9. The zero-order chi connectivity index (χ0) is 24.9. The number of unbranched alkanes of at least 4 members (excludes halogenated alkanes) is 1. The van der Waals surface area contributed by atoms with Crippen molar-refractivity contribution in [3.63, 3.8) is 0 Å². The Bertz CT molecular complexity index is 1190. The number of allylic oxidation sites excluding steroid dienone is 1. The zero-order valence-corrected chi connectivity index (χ0v) is 21.8. The Hall–Kier alpha value is -2.82. The third kappa shape index (κ3) is 5.71. The van der Waals surface area contributed by atoms with Gasteiger partial charge in [0.15, 0.2) is 0 Å². The molecule has 2 heterocycles. The first-order valence-corrected chi connectivity index (χ1v) is 13.1. The molecule has 0 aliphatic carbocycles. The highest BCUT2D eigenvalue weighted by atomic mass is 35.5. The average Bonchev–Trinajstić information content (AvgIpc) is 2.90. The zero-order valence-electron chi connectivity index (χ0n) is 21.1. The third-order valence-electron chi connectivity index (χ3n) is 7.15. The van der Waals surface area contributed by atoms with Crippen molar-refractivity contribution in [2.24, 2.45) is 5.73 Å². The Morgan fingerprint density at radius 1 is 1.03 bits per heavy atom. The summed E-state index contributed by atoms with van der Waals surface area (Å²) in [6, 6.07) is 16.7. The van der Waals surface area contributed by atoms with Crippen LogP contribution >= 0.6 is 11.6 Å². The third-order valence-corrected chi connectivity index (χ3v) is 7.46. The smallest absolute Gasteiger partial charge is 0.0731 e. The number of fused-ring (bicyclic) bond motifs is 1. The number of halogens is 1. The summed E-state index contributed by atoms with van der Waals surface area (Å²) in [6.07, 6.45) is 3.50. The van der Waals surface area contributed by atoms with Gasteiger partial charge in [0.1, 0.15) is 0 Å². The lowest BCUT2D eigenvalue weighted by molar-refractivity contribution is 0.209. The second-order valence-electron chi connectivity index (χ2n) is 9.57. The number of piperazine rings is 1. The van der Waals surface area contributed by atoms with Gasteiger partial charge in [-0.1, -0.05) is 81.4 Å².